The molecule has 1 aliphatic rings. The third kappa shape index (κ3) is 5.83. The molecule has 0 radical (unpaired) electrons. The molecule has 1 saturated heterocycles. The average molecular weight is 550 g/mol. The van der Waals surface area contributed by atoms with Gasteiger partial charge < -0.3 is 10.0 Å². The summed E-state index contributed by atoms with van der Waals surface area (Å²) in [5.74, 6) is -1.01. The van der Waals surface area contributed by atoms with E-state index >= 15 is 0 Å². The molecule has 5 aromatic carbocycles. The number of nitrogens with zero attached hydrogens (tertiary/aromatic N) is 1. The quantitative estimate of drug-likeness (QED) is 0.205. The zero-order chi connectivity index (χ0) is 28.7. The van der Waals surface area contributed by atoms with Crippen LogP contribution in [0.25, 0.3) is 6.08 Å². The zero-order valence-corrected chi connectivity index (χ0v) is 23.5. The highest BCUT2D eigenvalue weighted by molar-refractivity contribution is 5.85. The van der Waals surface area contributed by atoms with Gasteiger partial charge in [0.25, 0.3) is 0 Å². The minimum atomic E-state index is -0.960. The molecule has 0 aliphatic carbocycles. The van der Waals surface area contributed by atoms with Crippen molar-refractivity contribution in [1.29, 1.82) is 0 Å². The summed E-state index contributed by atoms with van der Waals surface area (Å²) in [6, 6.07) is 51.1. The topological polar surface area (TPSA) is 40.5 Å². The van der Waals surface area contributed by atoms with Gasteiger partial charge >= 0.3 is 0 Å². The molecule has 0 aromatic heterocycles. The number of aliphatic hydroxyl groups is 1. The molecule has 1 aliphatic heterocycles. The van der Waals surface area contributed by atoms with Crippen molar-refractivity contribution >= 4 is 12.0 Å². The van der Waals surface area contributed by atoms with Crippen molar-refractivity contribution in [2.24, 2.45) is 5.92 Å². The average Bonchev–Trinajstić information content (AvgIpc) is 3.33. The van der Waals surface area contributed by atoms with Gasteiger partial charge in [0.1, 0.15) is 0 Å². The van der Waals surface area contributed by atoms with Crippen LogP contribution in [0.5, 0.6) is 0 Å². The van der Waals surface area contributed by atoms with Crippen LogP contribution in [-0.4, -0.2) is 28.1 Å². The molecule has 3 heteroatoms. The van der Waals surface area contributed by atoms with Crippen LogP contribution in [0.3, 0.4) is 0 Å². The predicted molar refractivity (Wildman–Crippen MR) is 170 cm³/mol. The summed E-state index contributed by atoms with van der Waals surface area (Å²) in [6.07, 6.45) is 2.75. The Morgan fingerprint density at radius 2 is 1.12 bits per heavy atom. The SMILES string of the molecule is O=C1[C@H]([C@@H](O)/C=C/c2ccccc2)[C@@H](c2ccccc2)[C@H](C(c2ccccc2)c2ccccc2)N1Cc1ccccc1. The van der Waals surface area contributed by atoms with Crippen LogP contribution < -0.4 is 0 Å². The highest BCUT2D eigenvalue weighted by atomic mass is 16.3. The van der Waals surface area contributed by atoms with Gasteiger partial charge in [-0.1, -0.05) is 164 Å². The fourth-order valence-electron chi connectivity index (χ4n) is 6.49. The van der Waals surface area contributed by atoms with E-state index in [0.29, 0.717) is 6.54 Å². The molecule has 1 N–H and O–H groups in total. The molecular formula is C39H35NO2. The molecule has 1 fully saturated rings. The molecule has 0 unspecified atom stereocenters. The van der Waals surface area contributed by atoms with Crippen molar-refractivity contribution in [2.45, 2.75) is 30.5 Å². The number of amides is 1. The highest BCUT2D eigenvalue weighted by Gasteiger charge is 2.53. The maximum Gasteiger partial charge on any atom is 0.229 e. The van der Waals surface area contributed by atoms with Crippen LogP contribution >= 0.6 is 0 Å². The molecule has 6 rings (SSSR count). The monoisotopic (exact) mass is 549 g/mol. The van der Waals surface area contributed by atoms with Crippen LogP contribution in [-0.2, 0) is 11.3 Å². The summed E-state index contributed by atoms with van der Waals surface area (Å²) in [6.45, 7) is 0.468. The molecule has 1 heterocycles. The van der Waals surface area contributed by atoms with Gasteiger partial charge in [-0.25, -0.2) is 0 Å². The van der Waals surface area contributed by atoms with E-state index in [1.54, 1.807) is 6.08 Å². The predicted octanol–water partition coefficient (Wildman–Crippen LogP) is 7.70. The molecule has 1 amide bonds. The highest BCUT2D eigenvalue weighted by Crippen LogP contribution is 2.49. The van der Waals surface area contributed by atoms with E-state index in [0.717, 1.165) is 27.8 Å². The van der Waals surface area contributed by atoms with E-state index in [1.807, 2.05) is 89.8 Å². The molecule has 4 atom stereocenters. The Balaban J connectivity index is 1.52. The van der Waals surface area contributed by atoms with Gasteiger partial charge in [-0.2, -0.15) is 0 Å². The van der Waals surface area contributed by atoms with E-state index in [-0.39, 0.29) is 23.8 Å². The Morgan fingerprint density at radius 1 is 0.643 bits per heavy atom. The van der Waals surface area contributed by atoms with E-state index < -0.39 is 12.0 Å². The summed E-state index contributed by atoms with van der Waals surface area (Å²) in [5, 5.41) is 11.8. The van der Waals surface area contributed by atoms with E-state index in [1.165, 1.54) is 0 Å². The largest absolute Gasteiger partial charge is 0.388 e. The second-order valence-electron chi connectivity index (χ2n) is 11.0. The maximum absolute atomic E-state index is 14.7. The van der Waals surface area contributed by atoms with Crippen molar-refractivity contribution < 1.29 is 9.90 Å². The number of benzene rings is 5. The van der Waals surface area contributed by atoms with Crippen molar-refractivity contribution in [3.63, 3.8) is 0 Å². The van der Waals surface area contributed by atoms with Gasteiger partial charge in [-0.15, -0.1) is 0 Å². The molecule has 0 saturated carbocycles. The summed E-state index contributed by atoms with van der Waals surface area (Å²) >= 11 is 0. The van der Waals surface area contributed by atoms with Gasteiger partial charge in [0, 0.05) is 18.4 Å². The second-order valence-corrected chi connectivity index (χ2v) is 11.0. The van der Waals surface area contributed by atoms with Crippen LogP contribution in [0, 0.1) is 5.92 Å². The van der Waals surface area contributed by atoms with Crippen LogP contribution in [0.4, 0.5) is 0 Å². The third-order valence-electron chi connectivity index (χ3n) is 8.38. The number of hydrogen-bond donors (Lipinski definition) is 1. The lowest BCUT2D eigenvalue weighted by molar-refractivity contribution is -0.134. The lowest BCUT2D eigenvalue weighted by Gasteiger charge is -2.36. The van der Waals surface area contributed by atoms with Gasteiger partial charge in [0.15, 0.2) is 0 Å². The number of carbonyl (C=O) groups excluding carboxylic acids is 1. The lowest BCUT2D eigenvalue weighted by Crippen LogP contribution is -2.39. The van der Waals surface area contributed by atoms with Crippen LogP contribution in [0.2, 0.25) is 0 Å². The lowest BCUT2D eigenvalue weighted by atomic mass is 9.73. The van der Waals surface area contributed by atoms with E-state index in [9.17, 15) is 9.90 Å². The van der Waals surface area contributed by atoms with Crippen LogP contribution in [0.1, 0.15) is 39.7 Å². The first-order valence-electron chi connectivity index (χ1n) is 14.6. The standard InChI is InChI=1S/C39H35NO2/c41-34(27-26-29-16-6-1-7-17-29)37-36(33-24-14-5-15-25-33)38(40(39(37)42)28-30-18-8-2-9-19-30)35(31-20-10-3-11-21-31)32-22-12-4-13-23-32/h1-27,34-38,41H,28H2/b27-26+/t34-,36+,37+,38-/m0/s1. The normalized spacial score (nSPS) is 19.4. The molecule has 0 bridgehead atoms. The van der Waals surface area contributed by atoms with Gasteiger partial charge in [0.05, 0.1) is 18.1 Å². The fraction of sp³-hybridized carbons (Fsp3) is 0.154. The molecule has 42 heavy (non-hydrogen) atoms. The Hall–Kier alpha value is -4.73. The summed E-state index contributed by atoms with van der Waals surface area (Å²) in [5.41, 5.74) is 5.41. The zero-order valence-electron chi connectivity index (χ0n) is 23.5. The fourth-order valence-corrected chi connectivity index (χ4v) is 6.49. The van der Waals surface area contributed by atoms with Gasteiger partial charge in [-0.3, -0.25) is 4.79 Å². The molecular weight excluding hydrogens is 514 g/mol. The summed E-state index contributed by atoms with van der Waals surface area (Å²) in [7, 11) is 0. The summed E-state index contributed by atoms with van der Waals surface area (Å²) in [4.78, 5) is 16.7. The first kappa shape index (κ1) is 27.4. The van der Waals surface area contributed by atoms with E-state index in [4.69, 9.17) is 0 Å². The minimum absolute atomic E-state index is 0.0280. The van der Waals surface area contributed by atoms with Crippen molar-refractivity contribution in [2.75, 3.05) is 0 Å². The number of aliphatic hydroxyl groups excluding tert-OH is 1. The Bertz CT molecular complexity index is 1550. The van der Waals surface area contributed by atoms with Crippen LogP contribution in [0.15, 0.2) is 158 Å². The van der Waals surface area contributed by atoms with Gasteiger partial charge in [0.2, 0.25) is 5.91 Å². The number of hydrogen-bond acceptors (Lipinski definition) is 2. The smallest absolute Gasteiger partial charge is 0.229 e. The molecule has 3 nitrogen and oxygen atoms in total. The summed E-state index contributed by atoms with van der Waals surface area (Å²) < 4.78 is 0. The van der Waals surface area contributed by atoms with Crippen molar-refractivity contribution in [3.05, 3.63) is 186 Å². The Morgan fingerprint density at radius 3 is 1.67 bits per heavy atom. The minimum Gasteiger partial charge on any atom is -0.388 e. The van der Waals surface area contributed by atoms with Crippen molar-refractivity contribution in [3.8, 4) is 0 Å². The third-order valence-corrected chi connectivity index (χ3v) is 8.38. The molecule has 0 spiro atoms. The first-order valence-corrected chi connectivity index (χ1v) is 14.6. The molecule has 5 aromatic rings. The van der Waals surface area contributed by atoms with Crippen molar-refractivity contribution in [1.82, 2.24) is 4.90 Å². The first-order chi connectivity index (χ1) is 20.7. The van der Waals surface area contributed by atoms with Gasteiger partial charge in [-0.05, 0) is 27.8 Å². The number of likely N-dealkylation sites (tertiary alicyclic amines) is 1. The number of carbonyl (C=O) groups is 1. The Kier molecular flexibility index (Phi) is 8.39. The second kappa shape index (κ2) is 12.8. The van der Waals surface area contributed by atoms with E-state index in [2.05, 4.69) is 72.8 Å². The Labute approximate surface area is 248 Å². The number of rotatable bonds is 9. The molecule has 208 valence electrons. The maximum atomic E-state index is 14.7.